The molecule has 1 aromatic carbocycles. The van der Waals surface area contributed by atoms with Crippen LogP contribution in [0.3, 0.4) is 0 Å². The predicted molar refractivity (Wildman–Crippen MR) is 72.6 cm³/mol. The van der Waals surface area contributed by atoms with Gasteiger partial charge in [0.25, 0.3) is 0 Å². The highest BCUT2D eigenvalue weighted by atomic mass is 19.4. The van der Waals surface area contributed by atoms with Gasteiger partial charge in [0.1, 0.15) is 12.0 Å². The molecule has 3 nitrogen and oxygen atoms in total. The highest BCUT2D eigenvalue weighted by Gasteiger charge is 2.30. The maximum Gasteiger partial charge on any atom is 0.416 e. The maximum absolute atomic E-state index is 12.8. The molecule has 0 spiro atoms. The van der Waals surface area contributed by atoms with Gasteiger partial charge in [-0.1, -0.05) is 19.4 Å². The Morgan fingerprint density at radius 1 is 1.33 bits per heavy atom. The number of halogens is 3. The molecule has 0 N–H and O–H groups in total. The molecule has 0 radical (unpaired) electrons. The van der Waals surface area contributed by atoms with Gasteiger partial charge >= 0.3 is 6.18 Å². The third kappa shape index (κ3) is 3.15. The second-order valence-corrected chi connectivity index (χ2v) is 4.76. The number of carbonyl (C=O) groups is 1. The van der Waals surface area contributed by atoms with Crippen LogP contribution in [0.4, 0.5) is 13.2 Å². The van der Waals surface area contributed by atoms with Crippen molar-refractivity contribution in [3.05, 3.63) is 47.5 Å². The van der Waals surface area contributed by atoms with Crippen molar-refractivity contribution in [2.45, 2.75) is 32.9 Å². The summed E-state index contributed by atoms with van der Waals surface area (Å²) in [6.07, 6.45) is -1.60. The fourth-order valence-corrected chi connectivity index (χ4v) is 2.21. The van der Waals surface area contributed by atoms with E-state index in [0.717, 1.165) is 18.6 Å². The number of hydrogen-bond acceptors (Lipinski definition) is 2. The van der Waals surface area contributed by atoms with Crippen molar-refractivity contribution in [2.75, 3.05) is 0 Å². The van der Waals surface area contributed by atoms with E-state index in [0.29, 0.717) is 17.8 Å². The average molecular weight is 296 g/mol. The molecule has 0 fully saturated rings. The summed E-state index contributed by atoms with van der Waals surface area (Å²) in [6.45, 7) is 3.34. The van der Waals surface area contributed by atoms with E-state index in [1.54, 1.807) is 0 Å². The molecule has 0 saturated heterocycles. The molecule has 0 aliphatic rings. The van der Waals surface area contributed by atoms with Crippen LogP contribution in [0.1, 0.15) is 42.0 Å². The lowest BCUT2D eigenvalue weighted by atomic mass is 10.1. The fourth-order valence-electron chi connectivity index (χ4n) is 2.21. The van der Waals surface area contributed by atoms with E-state index in [1.807, 2.05) is 6.92 Å². The van der Waals surface area contributed by atoms with Gasteiger partial charge in [0, 0.05) is 12.6 Å². The molecule has 2 aromatic rings. The van der Waals surface area contributed by atoms with Crippen molar-refractivity contribution < 1.29 is 18.0 Å². The number of imidazole rings is 1. The summed E-state index contributed by atoms with van der Waals surface area (Å²) in [7, 11) is 0. The number of carbonyl (C=O) groups excluding carboxylic acids is 1. The zero-order chi connectivity index (χ0) is 15.6. The summed E-state index contributed by atoms with van der Waals surface area (Å²) < 4.78 is 39.7. The fraction of sp³-hybridized carbons (Fsp3) is 0.333. The molecule has 0 atom stereocenters. The topological polar surface area (TPSA) is 34.9 Å². The Labute approximate surface area is 120 Å². The Morgan fingerprint density at radius 3 is 2.62 bits per heavy atom. The van der Waals surface area contributed by atoms with Gasteiger partial charge in [-0.3, -0.25) is 9.36 Å². The first-order valence-electron chi connectivity index (χ1n) is 6.59. The van der Waals surface area contributed by atoms with E-state index in [4.69, 9.17) is 0 Å². The Balaban J connectivity index is 2.54. The number of nitrogens with zero attached hydrogens (tertiary/aromatic N) is 2. The van der Waals surface area contributed by atoms with Crippen molar-refractivity contribution in [2.24, 2.45) is 0 Å². The number of aryl methyl sites for hydroxylation is 1. The van der Waals surface area contributed by atoms with Gasteiger partial charge in [-0.2, -0.15) is 13.2 Å². The molecule has 0 aliphatic carbocycles. The zero-order valence-electron chi connectivity index (χ0n) is 11.7. The van der Waals surface area contributed by atoms with E-state index >= 15 is 0 Å². The van der Waals surface area contributed by atoms with E-state index in [9.17, 15) is 18.0 Å². The van der Waals surface area contributed by atoms with Crippen molar-refractivity contribution >= 4 is 5.78 Å². The lowest BCUT2D eigenvalue weighted by Gasteiger charge is -2.11. The summed E-state index contributed by atoms with van der Waals surface area (Å²) >= 11 is 0. The molecule has 0 bridgehead atoms. The first-order valence-corrected chi connectivity index (χ1v) is 6.59. The molecule has 0 amide bonds. The van der Waals surface area contributed by atoms with Gasteiger partial charge < -0.3 is 0 Å². The first kappa shape index (κ1) is 15.3. The van der Waals surface area contributed by atoms with Crippen LogP contribution >= 0.6 is 0 Å². The minimum atomic E-state index is -4.42. The van der Waals surface area contributed by atoms with Crippen molar-refractivity contribution in [3.8, 4) is 5.69 Å². The van der Waals surface area contributed by atoms with Crippen LogP contribution in [-0.4, -0.2) is 15.3 Å². The number of alkyl halides is 3. The predicted octanol–water partition coefficient (Wildman–Crippen LogP) is 4.05. The van der Waals surface area contributed by atoms with E-state index in [-0.39, 0.29) is 11.5 Å². The number of aromatic nitrogens is 2. The Morgan fingerprint density at radius 2 is 2.05 bits per heavy atom. The average Bonchev–Trinajstić information content (AvgIpc) is 2.82. The first-order chi connectivity index (χ1) is 9.84. The van der Waals surface area contributed by atoms with Crippen LogP contribution in [0.2, 0.25) is 0 Å². The third-order valence-corrected chi connectivity index (χ3v) is 3.12. The van der Waals surface area contributed by atoms with Crippen LogP contribution in [-0.2, 0) is 12.6 Å². The Bertz CT molecular complexity index is 659. The standard InChI is InChI=1S/C15H15F3N2O/c1-3-5-13-14(10(2)21)20(9-19-13)12-7-4-6-11(8-12)15(16,17)18/h4,6-9H,3,5H2,1-2H3. The highest BCUT2D eigenvalue weighted by Crippen LogP contribution is 2.30. The summed E-state index contributed by atoms with van der Waals surface area (Å²) in [5.41, 5.74) is 0.490. The van der Waals surface area contributed by atoms with Crippen molar-refractivity contribution in [3.63, 3.8) is 0 Å². The summed E-state index contributed by atoms with van der Waals surface area (Å²) in [5, 5.41) is 0. The minimum absolute atomic E-state index is 0.214. The van der Waals surface area contributed by atoms with Gasteiger partial charge in [0.2, 0.25) is 0 Å². The molecule has 1 heterocycles. The molecule has 2 rings (SSSR count). The summed E-state index contributed by atoms with van der Waals surface area (Å²) in [5.74, 6) is -0.214. The van der Waals surface area contributed by atoms with Crippen molar-refractivity contribution in [1.82, 2.24) is 9.55 Å². The van der Waals surface area contributed by atoms with Crippen LogP contribution in [0, 0.1) is 0 Å². The molecule has 0 unspecified atom stereocenters. The maximum atomic E-state index is 12.8. The number of hydrogen-bond donors (Lipinski definition) is 0. The number of rotatable bonds is 4. The van der Waals surface area contributed by atoms with Gasteiger partial charge in [-0.15, -0.1) is 0 Å². The molecule has 112 valence electrons. The van der Waals surface area contributed by atoms with Crippen LogP contribution in [0.25, 0.3) is 5.69 Å². The second-order valence-electron chi connectivity index (χ2n) is 4.76. The zero-order valence-corrected chi connectivity index (χ0v) is 11.7. The third-order valence-electron chi connectivity index (χ3n) is 3.12. The lowest BCUT2D eigenvalue weighted by Crippen LogP contribution is -2.09. The Kier molecular flexibility index (Phi) is 4.16. The normalized spacial score (nSPS) is 11.7. The van der Waals surface area contributed by atoms with E-state index in [1.165, 1.54) is 30.0 Å². The second kappa shape index (κ2) is 5.71. The van der Waals surface area contributed by atoms with Gasteiger partial charge in [0.15, 0.2) is 5.78 Å². The van der Waals surface area contributed by atoms with Crippen LogP contribution < -0.4 is 0 Å². The number of benzene rings is 1. The number of Topliss-reactive ketones (excluding diaryl/α,β-unsaturated/α-hetero) is 1. The van der Waals surface area contributed by atoms with Gasteiger partial charge in [-0.25, -0.2) is 4.98 Å². The Hall–Kier alpha value is -2.11. The quantitative estimate of drug-likeness (QED) is 0.798. The van der Waals surface area contributed by atoms with Gasteiger partial charge in [0.05, 0.1) is 11.3 Å². The van der Waals surface area contributed by atoms with E-state index in [2.05, 4.69) is 4.98 Å². The summed E-state index contributed by atoms with van der Waals surface area (Å²) in [4.78, 5) is 16.0. The van der Waals surface area contributed by atoms with Crippen molar-refractivity contribution in [1.29, 1.82) is 0 Å². The number of ketones is 1. The van der Waals surface area contributed by atoms with Crippen LogP contribution in [0.5, 0.6) is 0 Å². The van der Waals surface area contributed by atoms with E-state index < -0.39 is 11.7 Å². The highest BCUT2D eigenvalue weighted by molar-refractivity contribution is 5.94. The molecule has 21 heavy (non-hydrogen) atoms. The van der Waals surface area contributed by atoms with Gasteiger partial charge in [-0.05, 0) is 24.6 Å². The van der Waals surface area contributed by atoms with Crippen LogP contribution in [0.15, 0.2) is 30.6 Å². The molecule has 0 saturated carbocycles. The monoisotopic (exact) mass is 296 g/mol. The molecular weight excluding hydrogens is 281 g/mol. The minimum Gasteiger partial charge on any atom is -0.296 e. The molecule has 6 heteroatoms. The molecule has 0 aliphatic heterocycles. The largest absolute Gasteiger partial charge is 0.416 e. The summed E-state index contributed by atoms with van der Waals surface area (Å²) in [6, 6.07) is 4.87. The molecular formula is C15H15F3N2O. The smallest absolute Gasteiger partial charge is 0.296 e. The molecule has 1 aromatic heterocycles. The lowest BCUT2D eigenvalue weighted by molar-refractivity contribution is -0.137. The SMILES string of the molecule is CCCc1ncn(-c2cccc(C(F)(F)F)c2)c1C(C)=O.